The third-order valence-corrected chi connectivity index (χ3v) is 3.72. The van der Waals surface area contributed by atoms with E-state index in [9.17, 15) is 0 Å². The summed E-state index contributed by atoms with van der Waals surface area (Å²) in [7, 11) is 0. The smallest absolute Gasteiger partial charge is 0.258 e. The topological polar surface area (TPSA) is 51.0 Å². The Bertz CT molecular complexity index is 564. The van der Waals surface area contributed by atoms with Crippen LogP contribution >= 0.6 is 23.2 Å². The van der Waals surface area contributed by atoms with Crippen molar-refractivity contribution in [3.8, 4) is 11.5 Å². The highest BCUT2D eigenvalue weighted by Crippen LogP contribution is 2.29. The van der Waals surface area contributed by atoms with Crippen molar-refractivity contribution in [2.45, 2.75) is 18.9 Å². The maximum absolute atomic E-state index is 5.96. The van der Waals surface area contributed by atoms with Gasteiger partial charge in [-0.25, -0.2) is 0 Å². The van der Waals surface area contributed by atoms with E-state index >= 15 is 0 Å². The van der Waals surface area contributed by atoms with Crippen LogP contribution in [0.2, 0.25) is 10.0 Å². The van der Waals surface area contributed by atoms with Gasteiger partial charge in [0, 0.05) is 5.56 Å². The molecule has 1 aliphatic rings. The van der Waals surface area contributed by atoms with Gasteiger partial charge in [0.2, 0.25) is 0 Å². The SMILES string of the molecule is Clc1ccc(-c2nc(C3CCCN3)no2)cc1Cl. The van der Waals surface area contributed by atoms with Crippen molar-refractivity contribution in [3.63, 3.8) is 0 Å². The Hall–Kier alpha value is -1.10. The second-order valence-corrected chi connectivity index (χ2v) is 5.05. The number of nitrogens with one attached hydrogen (secondary N) is 1. The van der Waals surface area contributed by atoms with E-state index in [1.165, 1.54) is 0 Å². The predicted molar refractivity (Wildman–Crippen MR) is 69.7 cm³/mol. The van der Waals surface area contributed by atoms with Crippen molar-refractivity contribution in [2.24, 2.45) is 0 Å². The van der Waals surface area contributed by atoms with Crippen LogP contribution in [0.4, 0.5) is 0 Å². The highest BCUT2D eigenvalue weighted by atomic mass is 35.5. The largest absolute Gasteiger partial charge is 0.334 e. The molecule has 0 aliphatic carbocycles. The first kappa shape index (κ1) is 12.0. The van der Waals surface area contributed by atoms with Crippen LogP contribution in [0.3, 0.4) is 0 Å². The second kappa shape index (κ2) is 4.88. The highest BCUT2D eigenvalue weighted by Gasteiger charge is 2.22. The molecule has 1 aromatic heterocycles. The van der Waals surface area contributed by atoms with Crippen molar-refractivity contribution in [1.29, 1.82) is 0 Å². The van der Waals surface area contributed by atoms with Crippen LogP contribution in [0.15, 0.2) is 22.7 Å². The van der Waals surface area contributed by atoms with Crippen LogP contribution in [0.1, 0.15) is 24.7 Å². The third kappa shape index (κ3) is 2.23. The minimum atomic E-state index is 0.199. The molecule has 0 bridgehead atoms. The summed E-state index contributed by atoms with van der Waals surface area (Å²) in [6.07, 6.45) is 2.18. The number of rotatable bonds is 2. The molecule has 1 saturated heterocycles. The van der Waals surface area contributed by atoms with Gasteiger partial charge in [0.05, 0.1) is 16.1 Å². The number of halogens is 2. The molecular formula is C12H11Cl2N3O. The fourth-order valence-electron chi connectivity index (χ4n) is 2.03. The molecule has 0 radical (unpaired) electrons. The molecule has 3 rings (SSSR count). The lowest BCUT2D eigenvalue weighted by molar-refractivity contribution is 0.412. The Labute approximate surface area is 114 Å². The van der Waals surface area contributed by atoms with E-state index in [1.807, 2.05) is 6.07 Å². The van der Waals surface area contributed by atoms with Crippen LogP contribution in [0, 0.1) is 0 Å². The lowest BCUT2D eigenvalue weighted by Gasteiger charge is -2.01. The summed E-state index contributed by atoms with van der Waals surface area (Å²) in [6, 6.07) is 5.46. The molecule has 1 unspecified atom stereocenters. The number of benzene rings is 1. The average molecular weight is 284 g/mol. The van der Waals surface area contributed by atoms with Crippen LogP contribution in [0.25, 0.3) is 11.5 Å². The normalized spacial score (nSPS) is 19.3. The van der Waals surface area contributed by atoms with Crippen molar-refractivity contribution in [2.75, 3.05) is 6.54 Å². The molecule has 1 fully saturated rings. The molecule has 1 aliphatic heterocycles. The Morgan fingerprint density at radius 2 is 2.17 bits per heavy atom. The molecule has 2 aromatic rings. The average Bonchev–Trinajstić information content (AvgIpc) is 3.01. The Balaban J connectivity index is 1.89. The first-order chi connectivity index (χ1) is 8.74. The molecule has 1 N–H and O–H groups in total. The zero-order chi connectivity index (χ0) is 12.5. The molecule has 0 saturated carbocycles. The van der Waals surface area contributed by atoms with E-state index in [0.717, 1.165) is 24.9 Å². The van der Waals surface area contributed by atoms with Gasteiger partial charge in [0.15, 0.2) is 5.82 Å². The summed E-state index contributed by atoms with van der Waals surface area (Å²) in [4.78, 5) is 4.39. The molecule has 2 heterocycles. The lowest BCUT2D eigenvalue weighted by Crippen LogP contribution is -2.14. The second-order valence-electron chi connectivity index (χ2n) is 4.24. The number of hydrogen-bond acceptors (Lipinski definition) is 4. The quantitative estimate of drug-likeness (QED) is 0.917. The van der Waals surface area contributed by atoms with Crippen molar-refractivity contribution in [1.82, 2.24) is 15.5 Å². The van der Waals surface area contributed by atoms with E-state index in [1.54, 1.807) is 12.1 Å². The van der Waals surface area contributed by atoms with E-state index in [2.05, 4.69) is 15.5 Å². The van der Waals surface area contributed by atoms with Crippen molar-refractivity contribution in [3.05, 3.63) is 34.1 Å². The molecule has 6 heteroatoms. The highest BCUT2D eigenvalue weighted by molar-refractivity contribution is 6.42. The molecule has 0 amide bonds. The first-order valence-corrected chi connectivity index (χ1v) is 6.52. The fraction of sp³-hybridized carbons (Fsp3) is 0.333. The molecule has 4 nitrogen and oxygen atoms in total. The van der Waals surface area contributed by atoms with Gasteiger partial charge in [-0.1, -0.05) is 28.4 Å². The van der Waals surface area contributed by atoms with Gasteiger partial charge in [-0.15, -0.1) is 0 Å². The molecule has 18 heavy (non-hydrogen) atoms. The lowest BCUT2D eigenvalue weighted by atomic mass is 10.2. The van der Waals surface area contributed by atoms with E-state index < -0.39 is 0 Å². The molecule has 1 aromatic carbocycles. The van der Waals surface area contributed by atoms with Gasteiger partial charge in [0.1, 0.15) is 0 Å². The predicted octanol–water partition coefficient (Wildman–Crippen LogP) is 3.47. The number of aromatic nitrogens is 2. The fourth-order valence-corrected chi connectivity index (χ4v) is 2.33. The van der Waals surface area contributed by atoms with Gasteiger partial charge in [0.25, 0.3) is 5.89 Å². The van der Waals surface area contributed by atoms with Gasteiger partial charge >= 0.3 is 0 Å². The van der Waals surface area contributed by atoms with Crippen LogP contribution in [0.5, 0.6) is 0 Å². The van der Waals surface area contributed by atoms with E-state index in [0.29, 0.717) is 21.8 Å². The Morgan fingerprint density at radius 3 is 2.89 bits per heavy atom. The van der Waals surface area contributed by atoms with Gasteiger partial charge in [-0.2, -0.15) is 4.98 Å². The summed E-state index contributed by atoms with van der Waals surface area (Å²) in [6.45, 7) is 1.00. The van der Waals surface area contributed by atoms with Crippen molar-refractivity contribution < 1.29 is 4.52 Å². The van der Waals surface area contributed by atoms with E-state index in [4.69, 9.17) is 27.7 Å². The maximum Gasteiger partial charge on any atom is 0.258 e. The van der Waals surface area contributed by atoms with Crippen molar-refractivity contribution >= 4 is 23.2 Å². The minimum Gasteiger partial charge on any atom is -0.334 e. The summed E-state index contributed by atoms with van der Waals surface area (Å²) in [5.41, 5.74) is 0.779. The summed E-state index contributed by atoms with van der Waals surface area (Å²) in [5.74, 6) is 1.17. The van der Waals surface area contributed by atoms with Gasteiger partial charge in [-0.3, -0.25) is 0 Å². The van der Waals surface area contributed by atoms with Crippen LogP contribution in [-0.2, 0) is 0 Å². The summed E-state index contributed by atoms with van der Waals surface area (Å²) in [5, 5.41) is 8.32. The van der Waals surface area contributed by atoms with Gasteiger partial charge in [-0.05, 0) is 37.6 Å². The van der Waals surface area contributed by atoms with Crippen LogP contribution < -0.4 is 5.32 Å². The number of nitrogens with zero attached hydrogens (tertiary/aromatic N) is 2. The van der Waals surface area contributed by atoms with Crippen LogP contribution in [-0.4, -0.2) is 16.7 Å². The molecule has 0 spiro atoms. The summed E-state index contributed by atoms with van der Waals surface area (Å²) < 4.78 is 5.26. The zero-order valence-corrected chi connectivity index (χ0v) is 11.0. The first-order valence-electron chi connectivity index (χ1n) is 5.76. The Kier molecular flexibility index (Phi) is 3.24. The van der Waals surface area contributed by atoms with Gasteiger partial charge < -0.3 is 9.84 Å². The summed E-state index contributed by atoms with van der Waals surface area (Å²) >= 11 is 11.8. The third-order valence-electron chi connectivity index (χ3n) is 2.98. The van der Waals surface area contributed by atoms with E-state index in [-0.39, 0.29) is 6.04 Å². The number of hydrogen-bond donors (Lipinski definition) is 1. The maximum atomic E-state index is 5.96. The minimum absolute atomic E-state index is 0.199. The Morgan fingerprint density at radius 1 is 1.28 bits per heavy atom. The molecular weight excluding hydrogens is 273 g/mol. The zero-order valence-electron chi connectivity index (χ0n) is 9.49. The standard InChI is InChI=1S/C12H11Cl2N3O/c13-8-4-3-7(6-9(8)14)12-16-11(17-18-12)10-2-1-5-15-10/h3-4,6,10,15H,1-2,5H2. The molecule has 94 valence electrons. The molecule has 1 atom stereocenters. The monoisotopic (exact) mass is 283 g/mol.